The van der Waals surface area contributed by atoms with Gasteiger partial charge in [-0.2, -0.15) is 0 Å². The zero-order chi connectivity index (χ0) is 10.0. The van der Waals surface area contributed by atoms with Crippen LogP contribution in [0.4, 0.5) is 0 Å². The summed E-state index contributed by atoms with van der Waals surface area (Å²) in [6.07, 6.45) is 1.78. The number of carbonyl (C=O) groups excluding carboxylic acids is 1. The van der Waals surface area contributed by atoms with Gasteiger partial charge in [-0.1, -0.05) is 27.7 Å². The minimum atomic E-state index is 0.232. The molecule has 0 aromatic heterocycles. The van der Waals surface area contributed by atoms with E-state index in [2.05, 4.69) is 33.0 Å². The van der Waals surface area contributed by atoms with Crippen LogP contribution >= 0.6 is 0 Å². The van der Waals surface area contributed by atoms with Gasteiger partial charge in [0.2, 0.25) is 5.91 Å². The average Bonchev–Trinajstić information content (AvgIpc) is 2.03. The average molecular weight is 183 g/mol. The fourth-order valence-corrected chi connectivity index (χ4v) is 2.25. The maximum absolute atomic E-state index is 11.2. The lowest BCUT2D eigenvalue weighted by Gasteiger charge is -2.37. The Hall–Kier alpha value is -0.530. The molecule has 1 saturated heterocycles. The lowest BCUT2D eigenvalue weighted by molar-refractivity contribution is -0.125. The molecule has 13 heavy (non-hydrogen) atoms. The van der Waals surface area contributed by atoms with Crippen molar-refractivity contribution in [3.63, 3.8) is 0 Å². The number of carbonyl (C=O) groups is 1. The quantitative estimate of drug-likeness (QED) is 0.698. The van der Waals surface area contributed by atoms with Crippen LogP contribution in [-0.2, 0) is 4.79 Å². The van der Waals surface area contributed by atoms with E-state index in [1.807, 2.05) is 0 Å². The molecule has 2 heteroatoms. The molecule has 0 aromatic carbocycles. The standard InChI is InChI=1S/C11H21NO/c1-7(2)9-5-6-10(13)12-11(9)8(3)4/h7-9,11H,5-6H2,1-4H3,(H,12,13)/t9-,11+/m1/s1. The van der Waals surface area contributed by atoms with Gasteiger partial charge in [-0.3, -0.25) is 4.79 Å². The van der Waals surface area contributed by atoms with Gasteiger partial charge in [-0.25, -0.2) is 0 Å². The lowest BCUT2D eigenvalue weighted by atomic mass is 9.77. The number of hydrogen-bond acceptors (Lipinski definition) is 1. The van der Waals surface area contributed by atoms with Gasteiger partial charge in [0.1, 0.15) is 0 Å². The summed E-state index contributed by atoms with van der Waals surface area (Å²) in [6, 6.07) is 0.390. The van der Waals surface area contributed by atoms with Crippen molar-refractivity contribution in [3.8, 4) is 0 Å². The topological polar surface area (TPSA) is 29.1 Å². The van der Waals surface area contributed by atoms with E-state index in [0.717, 1.165) is 6.42 Å². The minimum absolute atomic E-state index is 0.232. The predicted molar refractivity (Wildman–Crippen MR) is 54.3 cm³/mol. The fraction of sp³-hybridized carbons (Fsp3) is 0.909. The van der Waals surface area contributed by atoms with Crippen LogP contribution < -0.4 is 5.32 Å². The Labute approximate surface area is 81.1 Å². The van der Waals surface area contributed by atoms with E-state index in [1.165, 1.54) is 0 Å². The molecule has 1 fully saturated rings. The molecule has 0 unspecified atom stereocenters. The second-order valence-electron chi connectivity index (χ2n) is 4.78. The van der Waals surface area contributed by atoms with Crippen LogP contribution in [0.3, 0.4) is 0 Å². The molecule has 1 amide bonds. The lowest BCUT2D eigenvalue weighted by Crippen LogP contribution is -2.49. The molecule has 2 nitrogen and oxygen atoms in total. The van der Waals surface area contributed by atoms with Gasteiger partial charge < -0.3 is 5.32 Å². The highest BCUT2D eigenvalue weighted by Crippen LogP contribution is 2.28. The van der Waals surface area contributed by atoms with Crippen LogP contribution in [0.5, 0.6) is 0 Å². The molecule has 0 aliphatic carbocycles. The normalized spacial score (nSPS) is 29.5. The summed E-state index contributed by atoms with van der Waals surface area (Å²) < 4.78 is 0. The van der Waals surface area contributed by atoms with Gasteiger partial charge in [-0.15, -0.1) is 0 Å². The van der Waals surface area contributed by atoms with Crippen LogP contribution in [0.1, 0.15) is 40.5 Å². The molecule has 1 heterocycles. The Morgan fingerprint density at radius 3 is 2.31 bits per heavy atom. The SMILES string of the molecule is CC(C)[C@H]1CCC(=O)N[C@H]1C(C)C. The molecule has 2 atom stereocenters. The summed E-state index contributed by atoms with van der Waals surface area (Å²) in [5, 5.41) is 3.11. The van der Waals surface area contributed by atoms with E-state index in [1.54, 1.807) is 0 Å². The highest BCUT2D eigenvalue weighted by atomic mass is 16.1. The van der Waals surface area contributed by atoms with E-state index >= 15 is 0 Å². The van der Waals surface area contributed by atoms with Crippen LogP contribution in [0.25, 0.3) is 0 Å². The summed E-state index contributed by atoms with van der Waals surface area (Å²) in [5.74, 6) is 2.12. The van der Waals surface area contributed by atoms with Gasteiger partial charge in [0, 0.05) is 12.5 Å². The summed E-state index contributed by atoms with van der Waals surface area (Å²) in [4.78, 5) is 11.2. The molecule has 1 N–H and O–H groups in total. The van der Waals surface area contributed by atoms with E-state index in [4.69, 9.17) is 0 Å². The van der Waals surface area contributed by atoms with Gasteiger partial charge in [-0.05, 0) is 24.2 Å². The molecule has 1 aliphatic heterocycles. The largest absolute Gasteiger partial charge is 0.353 e. The van der Waals surface area contributed by atoms with Gasteiger partial charge in [0.05, 0.1) is 0 Å². The highest BCUT2D eigenvalue weighted by molar-refractivity contribution is 5.77. The van der Waals surface area contributed by atoms with Crippen molar-refractivity contribution in [1.82, 2.24) is 5.32 Å². The third-order valence-electron chi connectivity index (χ3n) is 3.07. The Morgan fingerprint density at radius 2 is 1.85 bits per heavy atom. The maximum Gasteiger partial charge on any atom is 0.220 e. The fourth-order valence-electron chi connectivity index (χ4n) is 2.25. The van der Waals surface area contributed by atoms with E-state index in [9.17, 15) is 4.79 Å². The molecule has 0 bridgehead atoms. The summed E-state index contributed by atoms with van der Waals surface area (Å²) in [5.41, 5.74) is 0. The molecule has 0 spiro atoms. The molecule has 1 aliphatic rings. The molecule has 1 rings (SSSR count). The monoisotopic (exact) mass is 183 g/mol. The first-order valence-corrected chi connectivity index (χ1v) is 5.31. The maximum atomic E-state index is 11.2. The number of rotatable bonds is 2. The highest BCUT2D eigenvalue weighted by Gasteiger charge is 2.32. The predicted octanol–water partition coefficient (Wildman–Crippen LogP) is 2.19. The number of piperidine rings is 1. The molecular formula is C11H21NO. The van der Waals surface area contributed by atoms with E-state index in [-0.39, 0.29) is 5.91 Å². The Balaban J connectivity index is 2.66. The van der Waals surface area contributed by atoms with Gasteiger partial charge in [0.25, 0.3) is 0 Å². The first-order valence-electron chi connectivity index (χ1n) is 5.31. The van der Waals surface area contributed by atoms with E-state index < -0.39 is 0 Å². The number of amides is 1. The first kappa shape index (κ1) is 10.6. The summed E-state index contributed by atoms with van der Waals surface area (Å²) in [7, 11) is 0. The van der Waals surface area contributed by atoms with Crippen molar-refractivity contribution in [3.05, 3.63) is 0 Å². The van der Waals surface area contributed by atoms with E-state index in [0.29, 0.717) is 30.2 Å². The smallest absolute Gasteiger partial charge is 0.220 e. The van der Waals surface area contributed by atoms with Crippen molar-refractivity contribution < 1.29 is 4.79 Å². The second-order valence-corrected chi connectivity index (χ2v) is 4.78. The van der Waals surface area contributed by atoms with Crippen molar-refractivity contribution in [1.29, 1.82) is 0 Å². The van der Waals surface area contributed by atoms with Crippen LogP contribution in [0.15, 0.2) is 0 Å². The molecule has 76 valence electrons. The summed E-state index contributed by atoms with van der Waals surface area (Å²) in [6.45, 7) is 8.87. The van der Waals surface area contributed by atoms with Gasteiger partial charge in [0.15, 0.2) is 0 Å². The van der Waals surface area contributed by atoms with Crippen LogP contribution in [0, 0.1) is 17.8 Å². The summed E-state index contributed by atoms with van der Waals surface area (Å²) >= 11 is 0. The molecule has 0 saturated carbocycles. The zero-order valence-electron chi connectivity index (χ0n) is 9.13. The number of hydrogen-bond donors (Lipinski definition) is 1. The zero-order valence-corrected chi connectivity index (χ0v) is 9.13. The Bertz CT molecular complexity index is 187. The van der Waals surface area contributed by atoms with Crippen molar-refractivity contribution >= 4 is 5.91 Å². The Morgan fingerprint density at radius 1 is 1.23 bits per heavy atom. The Kier molecular flexibility index (Phi) is 3.34. The van der Waals surface area contributed by atoms with Crippen molar-refractivity contribution in [2.24, 2.45) is 17.8 Å². The first-order chi connectivity index (χ1) is 6.02. The number of nitrogens with one attached hydrogen (secondary N) is 1. The second kappa shape index (κ2) is 4.12. The van der Waals surface area contributed by atoms with Gasteiger partial charge >= 0.3 is 0 Å². The molecule has 0 aromatic rings. The van der Waals surface area contributed by atoms with Crippen molar-refractivity contribution in [2.75, 3.05) is 0 Å². The van der Waals surface area contributed by atoms with Crippen LogP contribution in [-0.4, -0.2) is 11.9 Å². The minimum Gasteiger partial charge on any atom is -0.353 e. The van der Waals surface area contributed by atoms with Crippen LogP contribution in [0.2, 0.25) is 0 Å². The third kappa shape index (κ3) is 2.45. The molecule has 0 radical (unpaired) electrons. The molecular weight excluding hydrogens is 162 g/mol. The third-order valence-corrected chi connectivity index (χ3v) is 3.07. The van der Waals surface area contributed by atoms with Crippen molar-refractivity contribution in [2.45, 2.75) is 46.6 Å².